The van der Waals surface area contributed by atoms with E-state index in [1.165, 1.54) is 6.42 Å². The Hall–Kier alpha value is -2.37. The average Bonchev–Trinajstić information content (AvgIpc) is 3.39. The molecule has 1 aromatic heterocycles. The molecule has 1 saturated carbocycles. The summed E-state index contributed by atoms with van der Waals surface area (Å²) in [6.45, 7) is 1.90. The highest BCUT2D eigenvalue weighted by atomic mass is 16.4. The predicted molar refractivity (Wildman–Crippen MR) is 98.7 cm³/mol. The van der Waals surface area contributed by atoms with Crippen molar-refractivity contribution in [2.45, 2.75) is 51.0 Å². The molecule has 0 spiro atoms. The van der Waals surface area contributed by atoms with E-state index in [1.807, 2.05) is 30.3 Å². The van der Waals surface area contributed by atoms with Crippen LogP contribution in [-0.4, -0.2) is 29.2 Å². The lowest BCUT2D eigenvalue weighted by molar-refractivity contribution is -0.125. The van der Waals surface area contributed by atoms with Gasteiger partial charge in [0.05, 0.1) is 0 Å². The van der Waals surface area contributed by atoms with Gasteiger partial charge in [0.25, 0.3) is 0 Å². The molecular formula is C20H26N4O2. The fourth-order valence-corrected chi connectivity index (χ4v) is 3.94. The number of piperidine rings is 1. The molecule has 1 aromatic carbocycles. The van der Waals surface area contributed by atoms with Crippen molar-refractivity contribution in [3.8, 4) is 0 Å². The second-order valence-electron chi connectivity index (χ2n) is 7.30. The SMILES string of the molecule is O=C(NC(c1ccccc1)c1nnc(N2CCCCC2)o1)C1CCCC1. The van der Waals surface area contributed by atoms with Gasteiger partial charge in [-0.25, -0.2) is 0 Å². The molecule has 1 unspecified atom stereocenters. The maximum Gasteiger partial charge on any atom is 0.318 e. The van der Waals surface area contributed by atoms with E-state index in [9.17, 15) is 4.79 Å². The summed E-state index contributed by atoms with van der Waals surface area (Å²) in [5.41, 5.74) is 0.965. The quantitative estimate of drug-likeness (QED) is 0.890. The second kappa shape index (κ2) is 7.89. The molecule has 2 heterocycles. The van der Waals surface area contributed by atoms with E-state index in [0.717, 1.165) is 57.2 Å². The van der Waals surface area contributed by atoms with Crippen LogP contribution >= 0.6 is 0 Å². The van der Waals surface area contributed by atoms with Crippen LogP contribution in [0.3, 0.4) is 0 Å². The van der Waals surface area contributed by atoms with Gasteiger partial charge in [0.1, 0.15) is 6.04 Å². The van der Waals surface area contributed by atoms with Gasteiger partial charge >= 0.3 is 6.01 Å². The first-order chi connectivity index (χ1) is 12.8. The van der Waals surface area contributed by atoms with Crippen molar-refractivity contribution in [3.63, 3.8) is 0 Å². The number of nitrogens with zero attached hydrogens (tertiary/aromatic N) is 3. The van der Waals surface area contributed by atoms with Gasteiger partial charge in [0, 0.05) is 19.0 Å². The van der Waals surface area contributed by atoms with Crippen molar-refractivity contribution >= 4 is 11.9 Å². The monoisotopic (exact) mass is 354 g/mol. The molecule has 1 saturated heterocycles. The van der Waals surface area contributed by atoms with E-state index in [0.29, 0.717) is 11.9 Å². The van der Waals surface area contributed by atoms with Gasteiger partial charge in [-0.3, -0.25) is 4.79 Å². The lowest BCUT2D eigenvalue weighted by atomic mass is 10.0. The van der Waals surface area contributed by atoms with Gasteiger partial charge < -0.3 is 14.6 Å². The maximum atomic E-state index is 12.7. The van der Waals surface area contributed by atoms with E-state index < -0.39 is 6.04 Å². The Balaban J connectivity index is 1.56. The zero-order chi connectivity index (χ0) is 17.8. The smallest absolute Gasteiger partial charge is 0.318 e. The Morgan fingerprint density at radius 1 is 1.04 bits per heavy atom. The van der Waals surface area contributed by atoms with Crippen LogP contribution in [0.2, 0.25) is 0 Å². The van der Waals surface area contributed by atoms with Crippen LogP contribution in [0.25, 0.3) is 0 Å². The van der Waals surface area contributed by atoms with Crippen molar-refractivity contribution in [2.75, 3.05) is 18.0 Å². The van der Waals surface area contributed by atoms with Gasteiger partial charge in [-0.05, 0) is 37.7 Å². The normalized spacial score (nSPS) is 19.5. The Kier molecular flexibility index (Phi) is 5.18. The first-order valence-corrected chi connectivity index (χ1v) is 9.75. The Labute approximate surface area is 154 Å². The fourth-order valence-electron chi connectivity index (χ4n) is 3.94. The van der Waals surface area contributed by atoms with Crippen molar-refractivity contribution in [2.24, 2.45) is 5.92 Å². The van der Waals surface area contributed by atoms with E-state index in [2.05, 4.69) is 20.4 Å². The molecule has 6 nitrogen and oxygen atoms in total. The first-order valence-electron chi connectivity index (χ1n) is 9.75. The number of carbonyl (C=O) groups excluding carboxylic acids is 1. The molecule has 0 radical (unpaired) electrons. The van der Waals surface area contributed by atoms with E-state index in [1.54, 1.807) is 0 Å². The predicted octanol–water partition coefficient (Wildman–Crippen LogP) is 3.46. The highest BCUT2D eigenvalue weighted by Crippen LogP contribution is 2.29. The van der Waals surface area contributed by atoms with Crippen molar-refractivity contribution < 1.29 is 9.21 Å². The number of carbonyl (C=O) groups is 1. The summed E-state index contributed by atoms with van der Waals surface area (Å²) in [7, 11) is 0. The molecule has 1 aliphatic heterocycles. The summed E-state index contributed by atoms with van der Waals surface area (Å²) in [4.78, 5) is 14.8. The number of aromatic nitrogens is 2. The standard InChI is InChI=1S/C20H26N4O2/c25-18(16-11-5-6-12-16)21-17(15-9-3-1-4-10-15)19-22-23-20(26-19)24-13-7-2-8-14-24/h1,3-4,9-10,16-17H,2,5-8,11-14H2,(H,21,25). The van der Waals surface area contributed by atoms with Gasteiger partial charge in [0.15, 0.2) is 0 Å². The molecule has 26 heavy (non-hydrogen) atoms. The summed E-state index contributed by atoms with van der Waals surface area (Å²) < 4.78 is 5.99. The van der Waals surface area contributed by atoms with Crippen LogP contribution in [0.4, 0.5) is 6.01 Å². The van der Waals surface area contributed by atoms with Crippen molar-refractivity contribution in [1.29, 1.82) is 0 Å². The molecule has 1 aliphatic carbocycles. The molecule has 6 heteroatoms. The topological polar surface area (TPSA) is 71.3 Å². The summed E-state index contributed by atoms with van der Waals surface area (Å²) in [5, 5.41) is 11.7. The number of anilines is 1. The Bertz CT molecular complexity index is 718. The molecule has 1 atom stereocenters. The first kappa shape index (κ1) is 17.1. The Morgan fingerprint density at radius 3 is 2.50 bits per heavy atom. The highest BCUT2D eigenvalue weighted by molar-refractivity contribution is 5.79. The minimum Gasteiger partial charge on any atom is -0.405 e. The zero-order valence-corrected chi connectivity index (χ0v) is 15.1. The maximum absolute atomic E-state index is 12.7. The van der Waals surface area contributed by atoms with Gasteiger partial charge in [-0.2, -0.15) is 0 Å². The molecular weight excluding hydrogens is 328 g/mol. The lowest BCUT2D eigenvalue weighted by Gasteiger charge is -2.24. The minimum absolute atomic E-state index is 0.0917. The van der Waals surface area contributed by atoms with Crippen LogP contribution in [-0.2, 0) is 4.79 Å². The summed E-state index contributed by atoms with van der Waals surface area (Å²) in [5.74, 6) is 0.655. The zero-order valence-electron chi connectivity index (χ0n) is 15.1. The van der Waals surface area contributed by atoms with Gasteiger partial charge in [-0.1, -0.05) is 48.3 Å². The molecule has 2 aliphatic rings. The molecule has 1 amide bonds. The number of hydrogen-bond donors (Lipinski definition) is 1. The third kappa shape index (κ3) is 3.74. The molecule has 1 N–H and O–H groups in total. The number of rotatable bonds is 5. The van der Waals surface area contributed by atoms with Crippen molar-refractivity contribution in [1.82, 2.24) is 15.5 Å². The molecule has 4 rings (SSSR count). The average molecular weight is 354 g/mol. The van der Waals surface area contributed by atoms with E-state index in [-0.39, 0.29) is 11.8 Å². The second-order valence-corrected chi connectivity index (χ2v) is 7.30. The molecule has 138 valence electrons. The van der Waals surface area contributed by atoms with Crippen LogP contribution in [0.15, 0.2) is 34.7 Å². The minimum atomic E-state index is -0.393. The molecule has 2 aromatic rings. The van der Waals surface area contributed by atoms with Crippen LogP contribution in [0.1, 0.15) is 62.4 Å². The van der Waals surface area contributed by atoms with Gasteiger partial charge in [-0.15, -0.1) is 5.10 Å². The largest absolute Gasteiger partial charge is 0.405 e. The lowest BCUT2D eigenvalue weighted by Crippen LogP contribution is -2.33. The Morgan fingerprint density at radius 2 is 1.77 bits per heavy atom. The van der Waals surface area contributed by atoms with Gasteiger partial charge in [0.2, 0.25) is 11.8 Å². The van der Waals surface area contributed by atoms with Crippen molar-refractivity contribution in [3.05, 3.63) is 41.8 Å². The van der Waals surface area contributed by atoms with Crippen LogP contribution in [0.5, 0.6) is 0 Å². The summed E-state index contributed by atoms with van der Waals surface area (Å²) in [6, 6.07) is 10.0. The van der Waals surface area contributed by atoms with Crippen LogP contribution in [0, 0.1) is 5.92 Å². The highest BCUT2D eigenvalue weighted by Gasteiger charge is 2.29. The van der Waals surface area contributed by atoms with E-state index in [4.69, 9.17) is 4.42 Å². The third-order valence-corrected chi connectivity index (χ3v) is 5.45. The number of nitrogens with one attached hydrogen (secondary N) is 1. The number of amides is 1. The molecule has 2 fully saturated rings. The van der Waals surface area contributed by atoms with E-state index >= 15 is 0 Å². The molecule has 0 bridgehead atoms. The number of benzene rings is 1. The summed E-state index contributed by atoms with van der Waals surface area (Å²) in [6.07, 6.45) is 7.76. The third-order valence-electron chi connectivity index (χ3n) is 5.45. The summed E-state index contributed by atoms with van der Waals surface area (Å²) >= 11 is 0. The number of hydrogen-bond acceptors (Lipinski definition) is 5. The van der Waals surface area contributed by atoms with Crippen LogP contribution < -0.4 is 10.2 Å². The fraction of sp³-hybridized carbons (Fsp3) is 0.550.